The van der Waals surface area contributed by atoms with E-state index in [4.69, 9.17) is 21.4 Å². The number of anilines is 1. The Bertz CT molecular complexity index is 743. The summed E-state index contributed by atoms with van der Waals surface area (Å²) in [7, 11) is 1.45. The minimum Gasteiger partial charge on any atom is -0.496 e. The zero-order chi connectivity index (χ0) is 16.3. The smallest absolute Gasteiger partial charge is 0.335 e. The molecular formula is C16H14ClNO4. The first kappa shape index (κ1) is 15.9. The number of benzene rings is 2. The summed E-state index contributed by atoms with van der Waals surface area (Å²) in [6.45, 7) is 1.77. The van der Waals surface area contributed by atoms with Gasteiger partial charge in [-0.1, -0.05) is 17.7 Å². The average Bonchev–Trinajstić information content (AvgIpc) is 2.49. The fourth-order valence-electron chi connectivity index (χ4n) is 1.94. The molecule has 0 bridgehead atoms. The van der Waals surface area contributed by atoms with Crippen molar-refractivity contribution in [3.63, 3.8) is 0 Å². The summed E-state index contributed by atoms with van der Waals surface area (Å²) < 4.78 is 5.14. The monoisotopic (exact) mass is 319 g/mol. The van der Waals surface area contributed by atoms with E-state index in [-0.39, 0.29) is 11.1 Å². The summed E-state index contributed by atoms with van der Waals surface area (Å²) in [6, 6.07) is 9.23. The van der Waals surface area contributed by atoms with Crippen LogP contribution < -0.4 is 10.1 Å². The maximum absolute atomic E-state index is 12.4. The number of rotatable bonds is 4. The molecule has 0 unspecified atom stereocenters. The SMILES string of the molecule is COc1ccc(Cl)cc1C(=O)Nc1cc(C(=O)O)ccc1C. The van der Waals surface area contributed by atoms with Crippen LogP contribution in [-0.2, 0) is 0 Å². The van der Waals surface area contributed by atoms with Gasteiger partial charge in [0, 0.05) is 10.7 Å². The molecule has 0 heterocycles. The van der Waals surface area contributed by atoms with Gasteiger partial charge in [-0.25, -0.2) is 4.79 Å². The number of halogens is 1. The van der Waals surface area contributed by atoms with Crippen molar-refractivity contribution in [1.29, 1.82) is 0 Å². The van der Waals surface area contributed by atoms with Gasteiger partial charge >= 0.3 is 5.97 Å². The van der Waals surface area contributed by atoms with Crippen molar-refractivity contribution in [3.05, 3.63) is 58.1 Å². The molecule has 6 heteroatoms. The molecule has 0 atom stereocenters. The summed E-state index contributed by atoms with van der Waals surface area (Å²) in [5.74, 6) is -1.10. The van der Waals surface area contributed by atoms with Crippen molar-refractivity contribution >= 4 is 29.2 Å². The third kappa shape index (κ3) is 3.38. The molecule has 0 aliphatic carbocycles. The fraction of sp³-hybridized carbons (Fsp3) is 0.125. The molecule has 5 nitrogen and oxygen atoms in total. The highest BCUT2D eigenvalue weighted by atomic mass is 35.5. The van der Waals surface area contributed by atoms with Gasteiger partial charge in [-0.3, -0.25) is 4.79 Å². The number of aryl methyl sites for hydroxylation is 1. The molecule has 2 aromatic carbocycles. The molecule has 0 saturated carbocycles. The van der Waals surface area contributed by atoms with Crippen LogP contribution in [0.25, 0.3) is 0 Å². The Labute approximate surface area is 132 Å². The molecule has 0 saturated heterocycles. The molecule has 114 valence electrons. The molecule has 2 rings (SSSR count). The molecule has 1 amide bonds. The molecule has 0 aliphatic heterocycles. The van der Waals surface area contributed by atoms with E-state index >= 15 is 0 Å². The minimum atomic E-state index is -1.06. The van der Waals surface area contributed by atoms with E-state index in [0.717, 1.165) is 5.56 Å². The number of carboxylic acids is 1. The molecular weight excluding hydrogens is 306 g/mol. The first-order valence-electron chi connectivity index (χ1n) is 6.41. The number of hydrogen-bond acceptors (Lipinski definition) is 3. The number of amides is 1. The van der Waals surface area contributed by atoms with Crippen molar-refractivity contribution in [2.75, 3.05) is 12.4 Å². The molecule has 0 radical (unpaired) electrons. The number of aromatic carboxylic acids is 1. The lowest BCUT2D eigenvalue weighted by molar-refractivity contribution is 0.0696. The Morgan fingerprint density at radius 2 is 1.91 bits per heavy atom. The maximum atomic E-state index is 12.4. The number of nitrogens with one attached hydrogen (secondary N) is 1. The quantitative estimate of drug-likeness (QED) is 0.902. The van der Waals surface area contributed by atoms with E-state index < -0.39 is 11.9 Å². The van der Waals surface area contributed by atoms with Crippen LogP contribution in [0.1, 0.15) is 26.3 Å². The van der Waals surface area contributed by atoms with Crippen molar-refractivity contribution < 1.29 is 19.4 Å². The van der Waals surface area contributed by atoms with Crippen LogP contribution in [0.4, 0.5) is 5.69 Å². The highest BCUT2D eigenvalue weighted by Crippen LogP contribution is 2.25. The third-order valence-electron chi connectivity index (χ3n) is 3.14. The summed E-state index contributed by atoms with van der Waals surface area (Å²) in [5, 5.41) is 12.1. The number of hydrogen-bond donors (Lipinski definition) is 2. The predicted octanol–water partition coefficient (Wildman–Crippen LogP) is 3.61. The maximum Gasteiger partial charge on any atom is 0.335 e. The predicted molar refractivity (Wildman–Crippen MR) is 84.1 cm³/mol. The first-order valence-corrected chi connectivity index (χ1v) is 6.79. The first-order chi connectivity index (χ1) is 10.4. The van der Waals surface area contributed by atoms with Crippen LogP contribution in [0.2, 0.25) is 5.02 Å². The van der Waals surface area contributed by atoms with E-state index in [1.165, 1.54) is 25.3 Å². The molecule has 0 spiro atoms. The van der Waals surface area contributed by atoms with Gasteiger partial charge in [0.25, 0.3) is 5.91 Å². The molecule has 0 aromatic heterocycles. The Morgan fingerprint density at radius 3 is 2.55 bits per heavy atom. The fourth-order valence-corrected chi connectivity index (χ4v) is 2.11. The van der Waals surface area contributed by atoms with Crippen LogP contribution >= 0.6 is 11.6 Å². The van der Waals surface area contributed by atoms with Gasteiger partial charge in [0.2, 0.25) is 0 Å². The second-order valence-electron chi connectivity index (χ2n) is 4.63. The Kier molecular flexibility index (Phi) is 4.68. The lowest BCUT2D eigenvalue weighted by Gasteiger charge is -2.12. The van der Waals surface area contributed by atoms with Gasteiger partial charge < -0.3 is 15.2 Å². The van der Waals surface area contributed by atoms with Gasteiger partial charge in [-0.2, -0.15) is 0 Å². The molecule has 22 heavy (non-hydrogen) atoms. The number of carbonyl (C=O) groups excluding carboxylic acids is 1. The van der Waals surface area contributed by atoms with Crippen LogP contribution in [0.3, 0.4) is 0 Å². The molecule has 0 aliphatic rings. The Morgan fingerprint density at radius 1 is 1.18 bits per heavy atom. The normalized spacial score (nSPS) is 10.1. The van der Waals surface area contributed by atoms with E-state index in [1.54, 1.807) is 25.1 Å². The van der Waals surface area contributed by atoms with Crippen molar-refractivity contribution in [2.45, 2.75) is 6.92 Å². The van der Waals surface area contributed by atoms with E-state index in [1.807, 2.05) is 0 Å². The summed E-state index contributed by atoms with van der Waals surface area (Å²) in [6.07, 6.45) is 0. The number of carbonyl (C=O) groups is 2. The van der Waals surface area contributed by atoms with Gasteiger partial charge in [0.15, 0.2) is 0 Å². The van der Waals surface area contributed by atoms with Crippen LogP contribution in [0.15, 0.2) is 36.4 Å². The topological polar surface area (TPSA) is 75.6 Å². The largest absolute Gasteiger partial charge is 0.496 e. The summed E-state index contributed by atoms with van der Waals surface area (Å²) in [4.78, 5) is 23.4. The van der Waals surface area contributed by atoms with Crippen LogP contribution in [-0.4, -0.2) is 24.1 Å². The van der Waals surface area contributed by atoms with Crippen molar-refractivity contribution in [2.24, 2.45) is 0 Å². The second-order valence-corrected chi connectivity index (χ2v) is 5.07. The van der Waals surface area contributed by atoms with Crippen molar-refractivity contribution in [1.82, 2.24) is 0 Å². The lowest BCUT2D eigenvalue weighted by atomic mass is 10.1. The summed E-state index contributed by atoms with van der Waals surface area (Å²) >= 11 is 5.91. The highest BCUT2D eigenvalue weighted by molar-refractivity contribution is 6.31. The van der Waals surface area contributed by atoms with Gasteiger partial charge in [0.05, 0.1) is 18.2 Å². The molecule has 0 fully saturated rings. The van der Waals surface area contributed by atoms with E-state index in [0.29, 0.717) is 16.5 Å². The Hall–Kier alpha value is -2.53. The van der Waals surface area contributed by atoms with Crippen molar-refractivity contribution in [3.8, 4) is 5.75 Å². The average molecular weight is 320 g/mol. The van der Waals surface area contributed by atoms with Crippen LogP contribution in [0.5, 0.6) is 5.75 Å². The summed E-state index contributed by atoms with van der Waals surface area (Å²) in [5.41, 5.74) is 1.54. The molecule has 2 N–H and O–H groups in total. The standard InChI is InChI=1S/C16H14ClNO4/c1-9-3-4-10(16(20)21)7-13(9)18-15(19)12-8-11(17)5-6-14(12)22-2/h3-8H,1-2H3,(H,18,19)(H,20,21). The Balaban J connectivity index is 2.35. The van der Waals surface area contributed by atoms with Gasteiger partial charge in [-0.15, -0.1) is 0 Å². The van der Waals surface area contributed by atoms with E-state index in [2.05, 4.69) is 5.32 Å². The number of carboxylic acid groups (broad SMARTS) is 1. The number of ether oxygens (including phenoxy) is 1. The minimum absolute atomic E-state index is 0.0963. The van der Waals surface area contributed by atoms with Gasteiger partial charge in [-0.05, 0) is 42.8 Å². The zero-order valence-corrected chi connectivity index (χ0v) is 12.8. The van der Waals surface area contributed by atoms with E-state index in [9.17, 15) is 9.59 Å². The number of methoxy groups -OCH3 is 1. The van der Waals surface area contributed by atoms with Gasteiger partial charge in [0.1, 0.15) is 5.75 Å². The third-order valence-corrected chi connectivity index (χ3v) is 3.37. The zero-order valence-electron chi connectivity index (χ0n) is 12.0. The highest BCUT2D eigenvalue weighted by Gasteiger charge is 2.15. The van der Waals surface area contributed by atoms with Crippen LogP contribution in [0, 0.1) is 6.92 Å². The second kappa shape index (κ2) is 6.49. The lowest BCUT2D eigenvalue weighted by Crippen LogP contribution is -2.14. The molecule has 2 aromatic rings.